The molecule has 0 heterocycles. The van der Waals surface area contributed by atoms with E-state index in [1.54, 1.807) is 14.0 Å². The van der Waals surface area contributed by atoms with Crippen LogP contribution >= 0.6 is 0 Å². The minimum Gasteiger partial charge on any atom is -0.466 e. The summed E-state index contributed by atoms with van der Waals surface area (Å²) in [6.45, 7) is 3.09. The Hall–Kier alpha value is -1.39. The molecular formula is C14H21NO3. The third-order valence-electron chi connectivity index (χ3n) is 2.72. The largest absolute Gasteiger partial charge is 0.466 e. The van der Waals surface area contributed by atoms with Gasteiger partial charge in [0, 0.05) is 13.7 Å². The zero-order valence-electron chi connectivity index (χ0n) is 11.0. The number of ether oxygens (including phenoxy) is 2. The molecule has 0 saturated carbocycles. The fourth-order valence-electron chi connectivity index (χ4n) is 1.75. The van der Waals surface area contributed by atoms with Crippen LogP contribution < -0.4 is 5.73 Å². The minimum absolute atomic E-state index is 0.221. The van der Waals surface area contributed by atoms with E-state index >= 15 is 0 Å². The van der Waals surface area contributed by atoms with Gasteiger partial charge in [0.15, 0.2) is 0 Å². The maximum Gasteiger partial charge on any atom is 0.310 e. The summed E-state index contributed by atoms with van der Waals surface area (Å²) < 4.78 is 10.0. The number of hydrogen-bond donors (Lipinski definition) is 1. The summed E-state index contributed by atoms with van der Waals surface area (Å²) in [6.07, 6.45) is 0.614. The van der Waals surface area contributed by atoms with Gasteiger partial charge in [-0.2, -0.15) is 0 Å². The number of carbonyl (C=O) groups is 1. The predicted octanol–water partition coefficient (Wildman–Crippen LogP) is 1.51. The van der Waals surface area contributed by atoms with Crippen molar-refractivity contribution in [2.75, 3.05) is 20.3 Å². The fraction of sp³-hybridized carbons (Fsp3) is 0.500. The highest BCUT2D eigenvalue weighted by molar-refractivity contribution is 5.73. The molecule has 0 aliphatic heterocycles. The lowest BCUT2D eigenvalue weighted by Gasteiger charge is -2.13. The van der Waals surface area contributed by atoms with Crippen LogP contribution in [0.5, 0.6) is 0 Å². The lowest BCUT2D eigenvalue weighted by atomic mass is 9.99. The van der Waals surface area contributed by atoms with Gasteiger partial charge in [0.1, 0.15) is 0 Å². The molecule has 0 spiro atoms. The van der Waals surface area contributed by atoms with E-state index in [2.05, 4.69) is 0 Å². The maximum atomic E-state index is 11.6. The van der Waals surface area contributed by atoms with Gasteiger partial charge in [-0.1, -0.05) is 24.3 Å². The summed E-state index contributed by atoms with van der Waals surface area (Å²) in [5.74, 6) is -0.487. The van der Waals surface area contributed by atoms with Gasteiger partial charge in [0.25, 0.3) is 0 Å². The lowest BCUT2D eigenvalue weighted by molar-refractivity contribution is -0.147. The van der Waals surface area contributed by atoms with Crippen molar-refractivity contribution in [3.63, 3.8) is 0 Å². The molecule has 0 fully saturated rings. The second-order valence-electron chi connectivity index (χ2n) is 4.14. The molecule has 100 valence electrons. The van der Waals surface area contributed by atoms with Gasteiger partial charge in [-0.3, -0.25) is 4.79 Å². The molecule has 1 unspecified atom stereocenters. The van der Waals surface area contributed by atoms with Crippen molar-refractivity contribution in [2.45, 2.75) is 20.0 Å². The van der Waals surface area contributed by atoms with Gasteiger partial charge in [-0.05, 0) is 24.5 Å². The Balaban J connectivity index is 2.61. The smallest absolute Gasteiger partial charge is 0.310 e. The molecule has 1 aromatic rings. The number of esters is 1. The summed E-state index contributed by atoms with van der Waals surface area (Å²) in [6, 6.07) is 7.99. The molecule has 1 aromatic carbocycles. The Labute approximate surface area is 108 Å². The van der Waals surface area contributed by atoms with Gasteiger partial charge in [-0.15, -0.1) is 0 Å². The molecule has 0 aliphatic rings. The number of hydrogen-bond acceptors (Lipinski definition) is 4. The average molecular weight is 251 g/mol. The van der Waals surface area contributed by atoms with Crippen LogP contribution in [0.2, 0.25) is 0 Å². The van der Waals surface area contributed by atoms with Crippen LogP contribution in [-0.2, 0) is 27.3 Å². The van der Waals surface area contributed by atoms with Crippen LogP contribution in [0.1, 0.15) is 18.1 Å². The third-order valence-corrected chi connectivity index (χ3v) is 2.72. The highest BCUT2D eigenvalue weighted by Gasteiger charge is 2.18. The molecule has 0 bridgehead atoms. The third kappa shape index (κ3) is 4.47. The summed E-state index contributed by atoms with van der Waals surface area (Å²) >= 11 is 0. The topological polar surface area (TPSA) is 61.5 Å². The van der Waals surface area contributed by atoms with E-state index in [0.717, 1.165) is 11.1 Å². The lowest BCUT2D eigenvalue weighted by Crippen LogP contribution is -2.27. The predicted molar refractivity (Wildman–Crippen MR) is 70.0 cm³/mol. The van der Waals surface area contributed by atoms with Crippen LogP contribution in [0.15, 0.2) is 24.3 Å². The van der Waals surface area contributed by atoms with Crippen LogP contribution in [0, 0.1) is 5.92 Å². The molecule has 1 atom stereocenters. The van der Waals surface area contributed by atoms with Crippen molar-refractivity contribution in [2.24, 2.45) is 11.7 Å². The zero-order chi connectivity index (χ0) is 13.4. The molecule has 0 amide bonds. The average Bonchev–Trinajstić information content (AvgIpc) is 2.38. The minimum atomic E-state index is -0.266. The van der Waals surface area contributed by atoms with Crippen molar-refractivity contribution < 1.29 is 14.3 Å². The number of carbonyl (C=O) groups excluding carboxylic acids is 1. The molecule has 0 radical (unpaired) electrons. The van der Waals surface area contributed by atoms with Gasteiger partial charge in [0.05, 0.1) is 19.1 Å². The maximum absolute atomic E-state index is 11.6. The van der Waals surface area contributed by atoms with Crippen LogP contribution in [0.3, 0.4) is 0 Å². The van der Waals surface area contributed by atoms with E-state index in [4.69, 9.17) is 15.2 Å². The van der Waals surface area contributed by atoms with Crippen LogP contribution in [0.25, 0.3) is 0 Å². The SMILES string of the molecule is CCOC(=O)C(CN)Cc1ccc(COC)cc1. The van der Waals surface area contributed by atoms with E-state index < -0.39 is 0 Å². The Kier molecular flexibility index (Phi) is 6.39. The first kappa shape index (κ1) is 14.7. The molecule has 0 saturated heterocycles. The van der Waals surface area contributed by atoms with Gasteiger partial charge in [0.2, 0.25) is 0 Å². The normalized spacial score (nSPS) is 12.2. The second-order valence-corrected chi connectivity index (χ2v) is 4.14. The summed E-state index contributed by atoms with van der Waals surface area (Å²) in [7, 11) is 1.67. The second kappa shape index (κ2) is 7.84. The highest BCUT2D eigenvalue weighted by atomic mass is 16.5. The number of benzene rings is 1. The van der Waals surface area contributed by atoms with Gasteiger partial charge < -0.3 is 15.2 Å². The van der Waals surface area contributed by atoms with Crippen LogP contribution in [-0.4, -0.2) is 26.2 Å². The Morgan fingerprint density at radius 3 is 2.39 bits per heavy atom. The van der Waals surface area contributed by atoms with Gasteiger partial charge in [-0.25, -0.2) is 0 Å². The molecule has 1 rings (SSSR count). The van der Waals surface area contributed by atoms with E-state index in [1.165, 1.54) is 0 Å². The fourth-order valence-corrected chi connectivity index (χ4v) is 1.75. The molecule has 18 heavy (non-hydrogen) atoms. The van der Waals surface area contributed by atoms with E-state index in [0.29, 0.717) is 26.2 Å². The van der Waals surface area contributed by atoms with E-state index in [9.17, 15) is 4.79 Å². The van der Waals surface area contributed by atoms with E-state index in [-0.39, 0.29) is 11.9 Å². The summed E-state index contributed by atoms with van der Waals surface area (Å²) in [4.78, 5) is 11.6. The zero-order valence-corrected chi connectivity index (χ0v) is 11.0. The molecule has 4 nitrogen and oxygen atoms in total. The van der Waals surface area contributed by atoms with E-state index in [1.807, 2.05) is 24.3 Å². The Morgan fingerprint density at radius 1 is 1.28 bits per heavy atom. The van der Waals surface area contributed by atoms with Crippen molar-refractivity contribution in [1.82, 2.24) is 0 Å². The monoisotopic (exact) mass is 251 g/mol. The van der Waals surface area contributed by atoms with Crippen molar-refractivity contribution >= 4 is 5.97 Å². The first-order valence-corrected chi connectivity index (χ1v) is 6.14. The van der Waals surface area contributed by atoms with Crippen molar-refractivity contribution in [3.8, 4) is 0 Å². The quantitative estimate of drug-likeness (QED) is 0.746. The Bertz CT molecular complexity index is 362. The number of rotatable bonds is 7. The molecule has 4 heteroatoms. The van der Waals surface area contributed by atoms with Gasteiger partial charge >= 0.3 is 5.97 Å². The number of nitrogens with two attached hydrogens (primary N) is 1. The molecule has 2 N–H and O–H groups in total. The van der Waals surface area contributed by atoms with Crippen molar-refractivity contribution in [3.05, 3.63) is 35.4 Å². The van der Waals surface area contributed by atoms with Crippen LogP contribution in [0.4, 0.5) is 0 Å². The summed E-state index contributed by atoms with van der Waals surface area (Å²) in [5, 5.41) is 0. The highest BCUT2D eigenvalue weighted by Crippen LogP contribution is 2.12. The molecule has 0 aliphatic carbocycles. The van der Waals surface area contributed by atoms with Crippen molar-refractivity contribution in [1.29, 1.82) is 0 Å². The Morgan fingerprint density at radius 2 is 1.89 bits per heavy atom. The first-order chi connectivity index (χ1) is 8.71. The number of methoxy groups -OCH3 is 1. The molecular weight excluding hydrogens is 230 g/mol. The standard InChI is InChI=1S/C14H21NO3/c1-3-18-14(16)13(9-15)8-11-4-6-12(7-5-11)10-17-2/h4-7,13H,3,8-10,15H2,1-2H3. The first-order valence-electron chi connectivity index (χ1n) is 6.14. The molecule has 0 aromatic heterocycles. The summed E-state index contributed by atoms with van der Waals surface area (Å²) in [5.41, 5.74) is 7.80.